The summed E-state index contributed by atoms with van der Waals surface area (Å²) in [6.07, 6.45) is 2.67. The van der Waals surface area contributed by atoms with Crippen molar-refractivity contribution in [2.45, 2.75) is 0 Å². The third-order valence-electron chi connectivity index (χ3n) is 6.57. The molecule has 6 rings (SSSR count). The van der Waals surface area contributed by atoms with Crippen LogP contribution in [0.4, 0.5) is 17.1 Å². The molecule has 0 saturated heterocycles. The lowest BCUT2D eigenvalue weighted by molar-refractivity contribution is 0.111. The summed E-state index contributed by atoms with van der Waals surface area (Å²) in [5.74, 6) is 0. The fourth-order valence-electron chi connectivity index (χ4n) is 4.75. The van der Waals surface area contributed by atoms with Crippen LogP contribution >= 0.6 is 34.0 Å². The highest BCUT2D eigenvalue weighted by Gasteiger charge is 2.18. The Bertz CT molecular complexity index is 1630. The molecule has 0 bridgehead atoms. The lowest BCUT2D eigenvalue weighted by Crippen LogP contribution is -2.10. The van der Waals surface area contributed by atoms with E-state index in [1.165, 1.54) is 34.0 Å². The molecule has 4 nitrogen and oxygen atoms in total. The first kappa shape index (κ1) is 25.8. The molecule has 0 spiro atoms. The normalized spacial score (nSPS) is 10.8. The number of anilines is 3. The van der Waals surface area contributed by atoms with Gasteiger partial charge in [0.15, 0.2) is 18.9 Å². The Balaban J connectivity index is 1.53. The van der Waals surface area contributed by atoms with E-state index in [0.29, 0.717) is 16.7 Å². The van der Waals surface area contributed by atoms with Gasteiger partial charge < -0.3 is 4.90 Å². The quantitative estimate of drug-likeness (QED) is 0.161. The zero-order valence-electron chi connectivity index (χ0n) is 21.0. The Morgan fingerprint density at radius 3 is 1.07 bits per heavy atom. The fraction of sp³-hybridized carbons (Fsp3) is 0. The molecule has 0 amide bonds. The van der Waals surface area contributed by atoms with Gasteiger partial charge in [-0.1, -0.05) is 36.4 Å². The number of carbonyl (C=O) groups is 3. The number of hydrogen-bond acceptors (Lipinski definition) is 7. The van der Waals surface area contributed by atoms with Crippen molar-refractivity contribution in [2.24, 2.45) is 0 Å². The Hall–Kier alpha value is -4.43. The van der Waals surface area contributed by atoms with E-state index in [1.807, 2.05) is 88.9 Å². The summed E-state index contributed by atoms with van der Waals surface area (Å²) in [5, 5.41) is 5.77. The second-order valence-electron chi connectivity index (χ2n) is 8.96. The minimum atomic E-state index is 0.663. The van der Waals surface area contributed by atoms with E-state index in [2.05, 4.69) is 23.1 Å². The molecule has 7 heteroatoms. The summed E-state index contributed by atoms with van der Waals surface area (Å²) in [6.45, 7) is 0. The minimum Gasteiger partial charge on any atom is -0.310 e. The van der Waals surface area contributed by atoms with Crippen LogP contribution in [0.5, 0.6) is 0 Å². The third kappa shape index (κ3) is 4.86. The van der Waals surface area contributed by atoms with Gasteiger partial charge in [0, 0.05) is 48.4 Å². The number of nitrogens with zero attached hydrogens (tertiary/aromatic N) is 1. The number of carbonyl (C=O) groups excluding carboxylic acids is 3. The van der Waals surface area contributed by atoms with Crippen LogP contribution < -0.4 is 4.90 Å². The molecule has 40 heavy (non-hydrogen) atoms. The Morgan fingerprint density at radius 2 is 0.775 bits per heavy atom. The van der Waals surface area contributed by atoms with E-state index in [4.69, 9.17) is 0 Å². The highest BCUT2D eigenvalue weighted by molar-refractivity contribution is 7.14. The average molecular weight is 576 g/mol. The Morgan fingerprint density at radius 1 is 0.450 bits per heavy atom. The van der Waals surface area contributed by atoms with Crippen molar-refractivity contribution in [3.8, 4) is 31.3 Å². The molecular weight excluding hydrogens is 555 g/mol. The van der Waals surface area contributed by atoms with Crippen LogP contribution in [-0.2, 0) is 0 Å². The topological polar surface area (TPSA) is 54.5 Å². The fourth-order valence-corrected chi connectivity index (χ4v) is 7.34. The molecule has 6 aromatic rings. The van der Waals surface area contributed by atoms with Crippen molar-refractivity contribution < 1.29 is 14.4 Å². The summed E-state index contributed by atoms with van der Waals surface area (Å²) < 4.78 is 0. The van der Waals surface area contributed by atoms with Gasteiger partial charge in [0.2, 0.25) is 0 Å². The van der Waals surface area contributed by atoms with E-state index < -0.39 is 0 Å². The number of rotatable bonds is 9. The predicted octanol–water partition coefficient (Wildman–Crippen LogP) is 9.78. The van der Waals surface area contributed by atoms with Crippen LogP contribution in [0.1, 0.15) is 31.1 Å². The largest absolute Gasteiger partial charge is 0.310 e. The standard InChI is InChI=1S/C33H21NO3S3/c35-19-25-10-13-38-31(25)22-4-1-7-28(16-22)34(29-8-2-5-23(17-29)32-26(20-36)11-14-39-32)30-9-3-6-24(18-30)33-27(21-37)12-15-40-33/h1-21H. The molecule has 3 heterocycles. The Labute approximate surface area is 243 Å². The smallest absolute Gasteiger partial charge is 0.151 e. The monoisotopic (exact) mass is 575 g/mol. The van der Waals surface area contributed by atoms with Crippen molar-refractivity contribution in [2.75, 3.05) is 4.90 Å². The maximum Gasteiger partial charge on any atom is 0.151 e. The lowest BCUT2D eigenvalue weighted by Gasteiger charge is -2.27. The second kappa shape index (κ2) is 11.4. The first-order chi connectivity index (χ1) is 19.7. The molecule has 0 radical (unpaired) electrons. The van der Waals surface area contributed by atoms with Crippen LogP contribution in [-0.4, -0.2) is 18.9 Å². The Kier molecular flexibility index (Phi) is 7.33. The lowest BCUT2D eigenvalue weighted by atomic mass is 10.0. The number of benzene rings is 3. The zero-order chi connectivity index (χ0) is 27.5. The molecule has 0 N–H and O–H groups in total. The molecule has 0 unspecified atom stereocenters. The second-order valence-corrected chi connectivity index (χ2v) is 11.7. The van der Waals surface area contributed by atoms with Crippen molar-refractivity contribution in [3.05, 3.63) is 124 Å². The van der Waals surface area contributed by atoms with Gasteiger partial charge in [-0.15, -0.1) is 34.0 Å². The van der Waals surface area contributed by atoms with E-state index in [9.17, 15) is 14.4 Å². The number of hydrogen-bond donors (Lipinski definition) is 0. The molecule has 0 aliphatic rings. The van der Waals surface area contributed by atoms with Gasteiger partial charge in [-0.2, -0.15) is 0 Å². The van der Waals surface area contributed by atoms with Crippen molar-refractivity contribution in [1.29, 1.82) is 0 Å². The van der Waals surface area contributed by atoms with Crippen LogP contribution in [0.15, 0.2) is 107 Å². The van der Waals surface area contributed by atoms with E-state index in [1.54, 1.807) is 0 Å². The number of aldehydes is 3. The van der Waals surface area contributed by atoms with Gasteiger partial charge in [-0.3, -0.25) is 14.4 Å². The molecule has 0 aliphatic heterocycles. The zero-order valence-corrected chi connectivity index (χ0v) is 23.5. The first-order valence-electron chi connectivity index (χ1n) is 12.4. The van der Waals surface area contributed by atoms with Gasteiger partial charge in [0.1, 0.15) is 0 Å². The van der Waals surface area contributed by atoms with E-state index in [-0.39, 0.29) is 0 Å². The predicted molar refractivity (Wildman–Crippen MR) is 167 cm³/mol. The van der Waals surface area contributed by atoms with Crippen LogP contribution in [0, 0.1) is 0 Å². The summed E-state index contributed by atoms with van der Waals surface area (Å²) in [4.78, 5) is 39.9. The highest BCUT2D eigenvalue weighted by Crippen LogP contribution is 2.42. The third-order valence-corrected chi connectivity index (χ3v) is 9.51. The van der Waals surface area contributed by atoms with Crippen LogP contribution in [0.25, 0.3) is 31.3 Å². The molecular formula is C33H21NO3S3. The summed E-state index contributed by atoms with van der Waals surface area (Å²) in [6, 6.07) is 29.9. The number of thiophene rings is 3. The average Bonchev–Trinajstić information content (AvgIpc) is 3.78. The first-order valence-corrected chi connectivity index (χ1v) is 15.0. The molecule has 0 aliphatic carbocycles. The van der Waals surface area contributed by atoms with E-state index in [0.717, 1.165) is 67.2 Å². The molecule has 194 valence electrons. The molecule has 3 aromatic carbocycles. The van der Waals surface area contributed by atoms with E-state index >= 15 is 0 Å². The molecule has 3 aromatic heterocycles. The maximum absolute atomic E-state index is 11.7. The SMILES string of the molecule is O=Cc1ccsc1-c1cccc(N(c2cccc(-c3sccc3C=O)c2)c2cccc(-c3sccc3C=O)c2)c1. The summed E-state index contributed by atoms with van der Waals surface area (Å²) >= 11 is 4.61. The minimum absolute atomic E-state index is 0.663. The van der Waals surface area contributed by atoms with Crippen LogP contribution in [0.3, 0.4) is 0 Å². The maximum atomic E-state index is 11.7. The van der Waals surface area contributed by atoms with Crippen LogP contribution in [0.2, 0.25) is 0 Å². The van der Waals surface area contributed by atoms with Crippen molar-refractivity contribution in [3.63, 3.8) is 0 Å². The van der Waals surface area contributed by atoms with Crippen molar-refractivity contribution in [1.82, 2.24) is 0 Å². The highest BCUT2D eigenvalue weighted by atomic mass is 32.1. The van der Waals surface area contributed by atoms with Gasteiger partial charge in [-0.25, -0.2) is 0 Å². The molecule has 0 fully saturated rings. The molecule has 0 saturated carbocycles. The van der Waals surface area contributed by atoms with Gasteiger partial charge in [0.25, 0.3) is 0 Å². The van der Waals surface area contributed by atoms with Gasteiger partial charge in [-0.05, 0) is 87.4 Å². The van der Waals surface area contributed by atoms with Crippen molar-refractivity contribution >= 4 is 69.9 Å². The summed E-state index contributed by atoms with van der Waals surface area (Å²) in [7, 11) is 0. The van der Waals surface area contributed by atoms with Gasteiger partial charge in [0.05, 0.1) is 0 Å². The van der Waals surface area contributed by atoms with Gasteiger partial charge >= 0.3 is 0 Å². The molecule has 0 atom stereocenters. The summed E-state index contributed by atoms with van der Waals surface area (Å²) in [5.41, 5.74) is 7.60.